The minimum atomic E-state index is -0.566. The first-order valence-corrected chi connectivity index (χ1v) is 9.00. The van der Waals surface area contributed by atoms with E-state index >= 15 is 0 Å². The van der Waals surface area contributed by atoms with Crippen LogP contribution in [0.2, 0.25) is 0 Å². The number of esters is 2. The Morgan fingerprint density at radius 1 is 1.27 bits per heavy atom. The van der Waals surface area contributed by atoms with Gasteiger partial charge in [-0.15, -0.1) is 0 Å². The second-order valence-corrected chi connectivity index (χ2v) is 6.46. The summed E-state index contributed by atoms with van der Waals surface area (Å²) < 4.78 is 11.5. The van der Waals surface area contributed by atoms with Gasteiger partial charge < -0.3 is 14.0 Å². The third-order valence-electron chi connectivity index (χ3n) is 3.94. The first-order valence-electron chi connectivity index (χ1n) is 8.06. The van der Waals surface area contributed by atoms with E-state index in [1.807, 2.05) is 28.3 Å². The molecule has 0 N–H and O–H groups in total. The summed E-state index contributed by atoms with van der Waals surface area (Å²) in [6, 6.07) is 3.62. The third-order valence-corrected chi connectivity index (χ3v) is 4.64. The maximum absolute atomic E-state index is 12.4. The summed E-state index contributed by atoms with van der Waals surface area (Å²) in [4.78, 5) is 35.4. The predicted octanol–water partition coefficient (Wildman–Crippen LogP) is 3.17. The van der Waals surface area contributed by atoms with Gasteiger partial charge in [0.25, 0.3) is 0 Å². The Labute approximate surface area is 156 Å². The van der Waals surface area contributed by atoms with E-state index in [4.69, 9.17) is 4.74 Å². The van der Waals surface area contributed by atoms with E-state index in [0.717, 1.165) is 17.0 Å². The molecule has 2 heterocycles. The van der Waals surface area contributed by atoms with Crippen LogP contribution < -0.4 is 0 Å². The standard InChI is InChI=1S/C19H21NO5S/c1-13-10-16(14(2)20(13)8-6-18(22)24-3)17(21)11-25-19(23)5-4-15-7-9-26-12-15/h4-5,7,9-10,12H,6,8,11H2,1-3H3/b5-4+. The number of Topliss-reactive ketones (excluding diaryl/α,β-unsaturated/α-hetero) is 1. The fourth-order valence-corrected chi connectivity index (χ4v) is 3.16. The van der Waals surface area contributed by atoms with Crippen LogP contribution >= 0.6 is 11.3 Å². The number of ketones is 1. The topological polar surface area (TPSA) is 74.6 Å². The predicted molar refractivity (Wildman–Crippen MR) is 99.2 cm³/mol. The molecule has 2 rings (SSSR count). The van der Waals surface area contributed by atoms with Gasteiger partial charge >= 0.3 is 11.9 Å². The number of methoxy groups -OCH3 is 1. The molecule has 2 aromatic heterocycles. The molecule has 0 atom stereocenters. The molecule has 0 radical (unpaired) electrons. The van der Waals surface area contributed by atoms with Crippen molar-refractivity contribution in [1.29, 1.82) is 0 Å². The molecule has 0 aromatic carbocycles. The molecule has 0 unspecified atom stereocenters. The molecule has 0 aliphatic carbocycles. The number of aromatic nitrogens is 1. The fourth-order valence-electron chi connectivity index (χ4n) is 2.53. The summed E-state index contributed by atoms with van der Waals surface area (Å²) in [5.74, 6) is -1.15. The van der Waals surface area contributed by atoms with Crippen molar-refractivity contribution in [1.82, 2.24) is 4.57 Å². The molecule has 0 spiro atoms. The van der Waals surface area contributed by atoms with Crippen LogP contribution in [0.15, 0.2) is 29.0 Å². The van der Waals surface area contributed by atoms with E-state index in [9.17, 15) is 14.4 Å². The Morgan fingerprint density at radius 3 is 2.69 bits per heavy atom. The Balaban J connectivity index is 1.94. The summed E-state index contributed by atoms with van der Waals surface area (Å²) in [5.41, 5.74) is 2.99. The smallest absolute Gasteiger partial charge is 0.331 e. The van der Waals surface area contributed by atoms with Gasteiger partial charge in [0.05, 0.1) is 13.5 Å². The van der Waals surface area contributed by atoms with E-state index in [-0.39, 0.29) is 24.8 Å². The molecule has 0 saturated heterocycles. The Morgan fingerprint density at radius 2 is 2.04 bits per heavy atom. The largest absolute Gasteiger partial charge is 0.469 e. The monoisotopic (exact) mass is 375 g/mol. The highest BCUT2D eigenvalue weighted by atomic mass is 32.1. The van der Waals surface area contributed by atoms with Crippen molar-refractivity contribution in [3.63, 3.8) is 0 Å². The molecule has 26 heavy (non-hydrogen) atoms. The number of nitrogens with zero attached hydrogens (tertiary/aromatic N) is 1. The minimum Gasteiger partial charge on any atom is -0.469 e. The molecule has 0 bridgehead atoms. The van der Waals surface area contributed by atoms with Crippen LogP contribution in [0, 0.1) is 13.8 Å². The first-order chi connectivity index (χ1) is 12.4. The van der Waals surface area contributed by atoms with Gasteiger partial charge in [-0.1, -0.05) is 0 Å². The zero-order valence-corrected chi connectivity index (χ0v) is 15.8. The van der Waals surface area contributed by atoms with Gasteiger partial charge in [0.1, 0.15) is 0 Å². The summed E-state index contributed by atoms with van der Waals surface area (Å²) >= 11 is 1.53. The van der Waals surface area contributed by atoms with Crippen LogP contribution in [0.25, 0.3) is 6.08 Å². The quantitative estimate of drug-likeness (QED) is 0.402. The molecular weight excluding hydrogens is 354 g/mol. The van der Waals surface area contributed by atoms with E-state index in [0.29, 0.717) is 12.1 Å². The number of ether oxygens (including phenoxy) is 2. The Kier molecular flexibility index (Phi) is 6.91. The second kappa shape index (κ2) is 9.15. The summed E-state index contributed by atoms with van der Waals surface area (Å²) in [5, 5.41) is 3.81. The number of carbonyl (C=O) groups is 3. The Hall–Kier alpha value is -2.67. The molecule has 0 fully saturated rings. The highest BCUT2D eigenvalue weighted by Crippen LogP contribution is 2.17. The third kappa shape index (κ3) is 5.16. The molecule has 0 aliphatic rings. The zero-order valence-electron chi connectivity index (χ0n) is 15.0. The summed E-state index contributed by atoms with van der Waals surface area (Å²) in [6.07, 6.45) is 3.17. The molecule has 2 aromatic rings. The molecular formula is C19H21NO5S. The van der Waals surface area contributed by atoms with Gasteiger partial charge in [-0.3, -0.25) is 9.59 Å². The zero-order chi connectivity index (χ0) is 19.1. The van der Waals surface area contributed by atoms with Gasteiger partial charge in [0, 0.05) is 29.6 Å². The van der Waals surface area contributed by atoms with Crippen LogP contribution in [-0.2, 0) is 25.6 Å². The van der Waals surface area contributed by atoms with Crippen LogP contribution in [0.1, 0.15) is 33.7 Å². The van der Waals surface area contributed by atoms with Crippen molar-refractivity contribution in [2.75, 3.05) is 13.7 Å². The van der Waals surface area contributed by atoms with E-state index < -0.39 is 5.97 Å². The maximum atomic E-state index is 12.4. The van der Waals surface area contributed by atoms with Crippen molar-refractivity contribution >= 4 is 35.1 Å². The number of aryl methyl sites for hydroxylation is 1. The number of rotatable bonds is 8. The van der Waals surface area contributed by atoms with E-state index in [2.05, 4.69) is 4.74 Å². The average Bonchev–Trinajstić information content (AvgIpc) is 3.24. The molecule has 0 amide bonds. The average molecular weight is 375 g/mol. The lowest BCUT2D eigenvalue weighted by Crippen LogP contribution is -2.14. The SMILES string of the molecule is COC(=O)CCn1c(C)cc(C(=O)COC(=O)/C=C/c2ccsc2)c1C. The van der Waals surface area contributed by atoms with Crippen LogP contribution in [0.5, 0.6) is 0 Å². The van der Waals surface area contributed by atoms with E-state index in [1.165, 1.54) is 24.5 Å². The Bertz CT molecular complexity index is 817. The van der Waals surface area contributed by atoms with Gasteiger partial charge in [0.2, 0.25) is 5.78 Å². The molecule has 0 saturated carbocycles. The van der Waals surface area contributed by atoms with Gasteiger partial charge in [0.15, 0.2) is 6.61 Å². The van der Waals surface area contributed by atoms with Gasteiger partial charge in [-0.2, -0.15) is 11.3 Å². The molecule has 6 nitrogen and oxygen atoms in total. The van der Waals surface area contributed by atoms with Crippen LogP contribution in [0.3, 0.4) is 0 Å². The van der Waals surface area contributed by atoms with Crippen molar-refractivity contribution < 1.29 is 23.9 Å². The van der Waals surface area contributed by atoms with Crippen LogP contribution in [0.4, 0.5) is 0 Å². The van der Waals surface area contributed by atoms with Gasteiger partial charge in [-0.25, -0.2) is 4.79 Å². The van der Waals surface area contributed by atoms with E-state index in [1.54, 1.807) is 19.1 Å². The number of hydrogen-bond acceptors (Lipinski definition) is 6. The molecule has 138 valence electrons. The normalized spacial score (nSPS) is 10.9. The van der Waals surface area contributed by atoms with Crippen molar-refractivity contribution in [3.8, 4) is 0 Å². The number of hydrogen-bond donors (Lipinski definition) is 0. The van der Waals surface area contributed by atoms with Crippen molar-refractivity contribution in [2.45, 2.75) is 26.8 Å². The lowest BCUT2D eigenvalue weighted by molar-refractivity contribution is -0.141. The van der Waals surface area contributed by atoms with Crippen molar-refractivity contribution in [2.24, 2.45) is 0 Å². The highest BCUT2D eigenvalue weighted by molar-refractivity contribution is 7.08. The number of thiophene rings is 1. The first kappa shape index (κ1) is 19.7. The molecule has 0 aliphatic heterocycles. The summed E-state index contributed by atoms with van der Waals surface area (Å²) in [7, 11) is 1.34. The molecule has 7 heteroatoms. The van der Waals surface area contributed by atoms with Crippen LogP contribution in [-0.4, -0.2) is 36.0 Å². The fraction of sp³-hybridized carbons (Fsp3) is 0.316. The summed E-state index contributed by atoms with van der Waals surface area (Å²) in [6.45, 7) is 3.77. The second-order valence-electron chi connectivity index (χ2n) is 5.68. The van der Waals surface area contributed by atoms with Gasteiger partial charge in [-0.05, 0) is 48.4 Å². The lowest BCUT2D eigenvalue weighted by Gasteiger charge is -2.08. The van der Waals surface area contributed by atoms with Crippen molar-refractivity contribution in [3.05, 3.63) is 51.5 Å². The lowest BCUT2D eigenvalue weighted by atomic mass is 10.1. The number of carbonyl (C=O) groups excluding carboxylic acids is 3. The highest BCUT2D eigenvalue weighted by Gasteiger charge is 2.17. The maximum Gasteiger partial charge on any atom is 0.331 e. The minimum absolute atomic E-state index is 0.225.